The molecule has 3 rings (SSSR count). The molecule has 2 aromatic carbocycles. The predicted octanol–water partition coefficient (Wildman–Crippen LogP) is 0.447. The molecule has 0 unspecified atom stereocenters. The van der Waals surface area contributed by atoms with Crippen molar-refractivity contribution >= 4 is 23.2 Å². The van der Waals surface area contributed by atoms with Crippen LogP contribution in [-0.2, 0) is 24.3 Å². The maximum absolute atomic E-state index is 12.1. The van der Waals surface area contributed by atoms with Gasteiger partial charge in [-0.15, -0.1) is 0 Å². The molecule has 0 saturated carbocycles. The van der Waals surface area contributed by atoms with Gasteiger partial charge in [0.05, 0.1) is 4.92 Å². The van der Waals surface area contributed by atoms with Gasteiger partial charge >= 0.3 is 0 Å². The highest BCUT2D eigenvalue weighted by Gasteiger charge is 2.10. The smallest absolute Gasteiger partial charge is 0.286 e. The van der Waals surface area contributed by atoms with Gasteiger partial charge in [0.1, 0.15) is 0 Å². The van der Waals surface area contributed by atoms with Gasteiger partial charge in [-0.1, -0.05) is 35.9 Å². The summed E-state index contributed by atoms with van der Waals surface area (Å²) < 4.78 is 1.80. The zero-order valence-electron chi connectivity index (χ0n) is 15.4. The zero-order valence-corrected chi connectivity index (χ0v) is 16.9. The number of nitro groups is 1. The maximum Gasteiger partial charge on any atom is 0.286 e. The third-order valence-corrected chi connectivity index (χ3v) is 4.50. The summed E-state index contributed by atoms with van der Waals surface area (Å²) in [6, 6.07) is 17.7. The van der Waals surface area contributed by atoms with E-state index in [0.29, 0.717) is 18.0 Å². The summed E-state index contributed by atoms with van der Waals surface area (Å²) in [4.78, 5) is 22.4. The molecule has 8 heteroatoms. The van der Waals surface area contributed by atoms with Crippen molar-refractivity contribution in [3.8, 4) is 0 Å². The second kappa shape index (κ2) is 10.5. The van der Waals surface area contributed by atoms with Crippen LogP contribution in [0.3, 0.4) is 0 Å². The van der Waals surface area contributed by atoms with Crippen molar-refractivity contribution in [2.24, 2.45) is 0 Å². The standard InChI is InChI=1S/C21H18ClN3O3.ClH/c22-19-5-1-18(2-6-19)14-23-21(26)15-24-11-9-17(10-12-24)13-16-3-7-20(8-4-16)25(27)28;/h1-12H,13-15H2;1H. The molecule has 1 amide bonds. The molecule has 6 nitrogen and oxygen atoms in total. The highest BCUT2D eigenvalue weighted by atomic mass is 35.5. The first kappa shape index (κ1) is 22.3. The van der Waals surface area contributed by atoms with Crippen LogP contribution < -0.4 is 22.3 Å². The van der Waals surface area contributed by atoms with E-state index in [0.717, 1.165) is 16.7 Å². The molecule has 3 aromatic rings. The van der Waals surface area contributed by atoms with E-state index in [1.54, 1.807) is 28.8 Å². The molecule has 1 aromatic heterocycles. The van der Waals surface area contributed by atoms with E-state index in [1.165, 1.54) is 12.1 Å². The topological polar surface area (TPSA) is 76.1 Å². The number of non-ortho nitro benzene ring substituents is 1. The third-order valence-electron chi connectivity index (χ3n) is 4.24. The molecule has 1 heterocycles. The van der Waals surface area contributed by atoms with E-state index in [4.69, 9.17) is 11.6 Å². The lowest BCUT2D eigenvalue weighted by atomic mass is 10.1. The van der Waals surface area contributed by atoms with Gasteiger partial charge in [0, 0.05) is 35.8 Å². The number of aromatic nitrogens is 1. The summed E-state index contributed by atoms with van der Waals surface area (Å²) in [5, 5.41) is 14.2. The molecule has 0 bridgehead atoms. The number of hydrogen-bond acceptors (Lipinski definition) is 3. The fourth-order valence-electron chi connectivity index (χ4n) is 2.71. The molecule has 0 aliphatic carbocycles. The van der Waals surface area contributed by atoms with Crippen molar-refractivity contribution in [3.63, 3.8) is 0 Å². The van der Waals surface area contributed by atoms with Crippen LogP contribution in [0.2, 0.25) is 5.02 Å². The molecular weight excluding hydrogens is 413 g/mol. The van der Waals surface area contributed by atoms with Gasteiger partial charge in [-0.05, 0) is 35.2 Å². The number of amides is 1. The predicted molar refractivity (Wildman–Crippen MR) is 106 cm³/mol. The van der Waals surface area contributed by atoms with Gasteiger partial charge in [-0.2, -0.15) is 4.57 Å². The maximum atomic E-state index is 12.1. The quantitative estimate of drug-likeness (QED) is 0.335. The first-order valence-electron chi connectivity index (χ1n) is 8.72. The lowest BCUT2D eigenvalue weighted by molar-refractivity contribution is -0.684. The molecule has 0 fully saturated rings. The van der Waals surface area contributed by atoms with E-state index in [1.807, 2.05) is 36.7 Å². The first-order chi connectivity index (χ1) is 13.5. The summed E-state index contributed by atoms with van der Waals surface area (Å²) in [6.45, 7) is 0.681. The minimum atomic E-state index is -0.410. The van der Waals surface area contributed by atoms with E-state index in [-0.39, 0.29) is 30.5 Å². The number of hydrogen-bond donors (Lipinski definition) is 1. The van der Waals surface area contributed by atoms with E-state index < -0.39 is 4.92 Å². The summed E-state index contributed by atoms with van der Waals surface area (Å²) in [7, 11) is 0. The Kier molecular flexibility index (Phi) is 8.12. The molecule has 1 N–H and O–H groups in total. The normalized spacial score (nSPS) is 10.1. The van der Waals surface area contributed by atoms with Gasteiger partial charge in [-0.25, -0.2) is 0 Å². The number of nitrogens with one attached hydrogen (secondary N) is 1. The minimum absolute atomic E-state index is 0. The van der Waals surface area contributed by atoms with Crippen molar-refractivity contribution < 1.29 is 26.7 Å². The molecular formula is C21H19Cl2N3O3. The Morgan fingerprint density at radius 3 is 2.07 bits per heavy atom. The van der Waals surface area contributed by atoms with Crippen LogP contribution in [0.25, 0.3) is 0 Å². The number of benzene rings is 2. The number of pyridine rings is 1. The summed E-state index contributed by atoms with van der Waals surface area (Å²) in [5.41, 5.74) is 3.12. The molecule has 0 aliphatic rings. The molecule has 0 radical (unpaired) electrons. The highest BCUT2D eigenvalue weighted by Crippen LogP contribution is 2.14. The van der Waals surface area contributed by atoms with E-state index >= 15 is 0 Å². The van der Waals surface area contributed by atoms with Gasteiger partial charge in [0.2, 0.25) is 6.54 Å². The third kappa shape index (κ3) is 6.85. The second-order valence-corrected chi connectivity index (χ2v) is 6.82. The summed E-state index contributed by atoms with van der Waals surface area (Å²) in [5.74, 6) is -0.0805. The zero-order chi connectivity index (χ0) is 19.9. The number of nitro benzene ring substituents is 1. The van der Waals surface area contributed by atoms with Gasteiger partial charge in [0.15, 0.2) is 12.4 Å². The van der Waals surface area contributed by atoms with Crippen LogP contribution in [0.15, 0.2) is 73.1 Å². The molecule has 0 aliphatic heterocycles. The first-order valence-corrected chi connectivity index (χ1v) is 9.10. The largest absolute Gasteiger partial charge is 1.00 e. The molecule has 0 atom stereocenters. The lowest BCUT2D eigenvalue weighted by Gasteiger charge is -2.04. The highest BCUT2D eigenvalue weighted by molar-refractivity contribution is 6.30. The fraction of sp³-hybridized carbons (Fsp3) is 0.143. The Balaban J connectivity index is 0.00000300. The number of nitrogens with zero attached hydrogens (tertiary/aromatic N) is 2. The minimum Gasteiger partial charge on any atom is -1.00 e. The number of halogens is 2. The van der Waals surface area contributed by atoms with Crippen molar-refractivity contribution in [1.29, 1.82) is 0 Å². The molecule has 0 spiro atoms. The molecule has 29 heavy (non-hydrogen) atoms. The number of carbonyl (C=O) groups excluding carboxylic acids is 1. The van der Waals surface area contributed by atoms with Crippen LogP contribution >= 0.6 is 11.6 Å². The Labute approximate surface area is 179 Å². The molecule has 0 saturated heterocycles. The summed E-state index contributed by atoms with van der Waals surface area (Å²) in [6.07, 6.45) is 4.37. The lowest BCUT2D eigenvalue weighted by Crippen LogP contribution is -3.00. The summed E-state index contributed by atoms with van der Waals surface area (Å²) >= 11 is 5.85. The average molecular weight is 432 g/mol. The Hall–Kier alpha value is -2.96. The van der Waals surface area contributed by atoms with Crippen molar-refractivity contribution in [3.05, 3.63) is 105 Å². The fourth-order valence-corrected chi connectivity index (χ4v) is 2.83. The van der Waals surface area contributed by atoms with E-state index in [2.05, 4.69) is 5.32 Å². The van der Waals surface area contributed by atoms with Gasteiger partial charge in [0.25, 0.3) is 11.6 Å². The van der Waals surface area contributed by atoms with E-state index in [9.17, 15) is 14.9 Å². The monoisotopic (exact) mass is 431 g/mol. The van der Waals surface area contributed by atoms with Crippen molar-refractivity contribution in [1.82, 2.24) is 5.32 Å². The van der Waals surface area contributed by atoms with Crippen LogP contribution in [-0.4, -0.2) is 10.8 Å². The Morgan fingerprint density at radius 1 is 0.931 bits per heavy atom. The van der Waals surface area contributed by atoms with Crippen LogP contribution in [0, 0.1) is 10.1 Å². The van der Waals surface area contributed by atoms with Crippen molar-refractivity contribution in [2.45, 2.75) is 19.5 Å². The van der Waals surface area contributed by atoms with Crippen LogP contribution in [0.5, 0.6) is 0 Å². The average Bonchev–Trinajstić information content (AvgIpc) is 2.69. The number of rotatable bonds is 7. The SMILES string of the molecule is O=C(C[n+]1ccc(Cc2ccc([N+](=O)[O-])cc2)cc1)NCc1ccc(Cl)cc1.[Cl-]. The van der Waals surface area contributed by atoms with Gasteiger partial charge in [-0.3, -0.25) is 14.9 Å². The van der Waals surface area contributed by atoms with Crippen LogP contribution in [0.1, 0.15) is 16.7 Å². The Bertz CT molecular complexity index is 960. The van der Waals surface area contributed by atoms with Crippen molar-refractivity contribution in [2.75, 3.05) is 0 Å². The van der Waals surface area contributed by atoms with Crippen LogP contribution in [0.4, 0.5) is 5.69 Å². The molecule has 150 valence electrons. The van der Waals surface area contributed by atoms with Gasteiger partial charge < -0.3 is 17.7 Å². The number of carbonyl (C=O) groups is 1. The second-order valence-electron chi connectivity index (χ2n) is 6.38. The Morgan fingerprint density at radius 2 is 1.48 bits per heavy atom.